The predicted octanol–water partition coefficient (Wildman–Crippen LogP) is 0.797. The lowest BCUT2D eigenvalue weighted by Crippen LogP contribution is -2.27. The van der Waals surface area contributed by atoms with Gasteiger partial charge in [-0.15, -0.1) is 0 Å². The molecule has 0 aromatic heterocycles. The number of carbonyl (C=O) groups excluding carboxylic acids is 1. The molecule has 0 heterocycles. The maximum atomic E-state index is 11.6. The summed E-state index contributed by atoms with van der Waals surface area (Å²) in [6.07, 6.45) is 0. The van der Waals surface area contributed by atoms with Crippen LogP contribution in [0.4, 0.5) is 5.69 Å². The number of nitrogen functional groups attached to an aromatic ring is 1. The summed E-state index contributed by atoms with van der Waals surface area (Å²) < 4.78 is 5.18. The monoisotopic (exact) mass is 311 g/mol. The molecule has 0 saturated carbocycles. The van der Waals surface area contributed by atoms with Gasteiger partial charge in [0.1, 0.15) is 6.61 Å². The first kappa shape index (κ1) is 19.9. The Morgan fingerprint density at radius 2 is 1.68 bits per heavy atom. The highest BCUT2D eigenvalue weighted by atomic mass is 16.5. The fourth-order valence-corrected chi connectivity index (χ4v) is 1.51. The van der Waals surface area contributed by atoms with E-state index in [1.54, 1.807) is 24.3 Å². The van der Waals surface area contributed by atoms with Gasteiger partial charge in [0.15, 0.2) is 0 Å². The van der Waals surface area contributed by atoms with Crippen LogP contribution in [-0.4, -0.2) is 54.7 Å². The Morgan fingerprint density at radius 1 is 1.18 bits per heavy atom. The van der Waals surface area contributed by atoms with E-state index in [9.17, 15) is 9.59 Å². The van der Waals surface area contributed by atoms with Gasteiger partial charge >= 0.3 is 11.9 Å². The van der Waals surface area contributed by atoms with Crippen molar-refractivity contribution in [1.82, 2.24) is 4.90 Å². The van der Waals surface area contributed by atoms with Crippen LogP contribution in [-0.2, 0) is 9.53 Å². The lowest BCUT2D eigenvalue weighted by atomic mass is 10.2. The number of nitrogens with two attached hydrogens (primary N) is 2. The molecule has 1 rings (SSSR count). The quantitative estimate of drug-likeness (QED) is 0.503. The molecule has 0 unspecified atom stereocenters. The molecule has 0 aliphatic rings. The molecule has 0 spiro atoms. The van der Waals surface area contributed by atoms with E-state index >= 15 is 0 Å². The number of carboxylic acid groups (broad SMARTS) is 1. The molecule has 1 aromatic rings. The summed E-state index contributed by atoms with van der Waals surface area (Å²) in [5.41, 5.74) is 11.3. The predicted molar refractivity (Wildman–Crippen MR) is 85.6 cm³/mol. The first-order valence-electron chi connectivity index (χ1n) is 7.11. The minimum absolute atomic E-state index is 0.278. The zero-order valence-electron chi connectivity index (χ0n) is 13.1. The van der Waals surface area contributed by atoms with Gasteiger partial charge in [0.05, 0.1) is 12.1 Å². The average Bonchev–Trinajstić information content (AvgIpc) is 2.52. The minimum atomic E-state index is -0.968. The Balaban J connectivity index is 0.000000763. The number of hydrogen-bond acceptors (Lipinski definition) is 6. The van der Waals surface area contributed by atoms with E-state index in [0.29, 0.717) is 17.9 Å². The first-order chi connectivity index (χ1) is 10.4. The minimum Gasteiger partial charge on any atom is -0.480 e. The summed E-state index contributed by atoms with van der Waals surface area (Å²) in [5, 5.41) is 7.60. The summed E-state index contributed by atoms with van der Waals surface area (Å²) in [6, 6.07) is 6.74. The Labute approximate surface area is 130 Å². The van der Waals surface area contributed by atoms with E-state index in [1.165, 1.54) is 0 Å². The summed E-state index contributed by atoms with van der Waals surface area (Å²) >= 11 is 0. The fraction of sp³-hybridized carbons (Fsp3) is 0.467. The molecule has 22 heavy (non-hydrogen) atoms. The maximum Gasteiger partial charge on any atom is 0.338 e. The largest absolute Gasteiger partial charge is 0.480 e. The summed E-state index contributed by atoms with van der Waals surface area (Å²) in [7, 11) is 0. The van der Waals surface area contributed by atoms with Gasteiger partial charge in [-0.2, -0.15) is 0 Å². The SMILES string of the molecule is CCN(CC)CCOC(=O)c1ccc(N)cc1.NCC(=O)O. The maximum absolute atomic E-state index is 11.6. The number of rotatable bonds is 7. The van der Waals surface area contributed by atoms with Gasteiger partial charge in [-0.25, -0.2) is 4.79 Å². The zero-order chi connectivity index (χ0) is 17.0. The van der Waals surface area contributed by atoms with Crippen LogP contribution < -0.4 is 11.5 Å². The third-order valence-electron chi connectivity index (χ3n) is 2.86. The molecule has 124 valence electrons. The Hall–Kier alpha value is -2.12. The van der Waals surface area contributed by atoms with Gasteiger partial charge in [0.2, 0.25) is 0 Å². The number of likely N-dealkylation sites (N-methyl/N-ethyl adjacent to an activating group) is 1. The van der Waals surface area contributed by atoms with E-state index in [1.807, 2.05) is 0 Å². The van der Waals surface area contributed by atoms with Crippen molar-refractivity contribution in [3.05, 3.63) is 29.8 Å². The van der Waals surface area contributed by atoms with Crippen LogP contribution in [0.3, 0.4) is 0 Å². The van der Waals surface area contributed by atoms with Crippen LogP contribution in [0, 0.1) is 0 Å². The van der Waals surface area contributed by atoms with Crippen LogP contribution in [0.15, 0.2) is 24.3 Å². The smallest absolute Gasteiger partial charge is 0.338 e. The molecule has 0 fully saturated rings. The number of nitrogens with zero attached hydrogens (tertiary/aromatic N) is 1. The molecule has 0 aliphatic carbocycles. The highest BCUT2D eigenvalue weighted by Gasteiger charge is 2.07. The van der Waals surface area contributed by atoms with Gasteiger partial charge in [0, 0.05) is 12.2 Å². The number of anilines is 1. The molecule has 0 bridgehead atoms. The molecule has 5 N–H and O–H groups in total. The second kappa shape index (κ2) is 11.5. The molecule has 1 aromatic carbocycles. The van der Waals surface area contributed by atoms with E-state index < -0.39 is 5.97 Å². The van der Waals surface area contributed by atoms with Crippen LogP contribution in [0.2, 0.25) is 0 Å². The molecular weight excluding hydrogens is 286 g/mol. The molecule has 7 nitrogen and oxygen atoms in total. The second-order valence-corrected chi connectivity index (χ2v) is 4.38. The standard InChI is InChI=1S/C13H20N2O2.C2H5NO2/c1-3-15(4-2)9-10-17-13(16)11-5-7-12(14)8-6-11;3-1-2(4)5/h5-8H,3-4,9-10,14H2,1-2H3;1,3H2,(H,4,5). The summed E-state index contributed by atoms with van der Waals surface area (Å²) in [5.74, 6) is -1.26. The second-order valence-electron chi connectivity index (χ2n) is 4.38. The Kier molecular flexibility index (Phi) is 10.4. The van der Waals surface area contributed by atoms with Crippen molar-refractivity contribution in [3.63, 3.8) is 0 Å². The van der Waals surface area contributed by atoms with Crippen LogP contribution in [0.25, 0.3) is 0 Å². The van der Waals surface area contributed by atoms with Crippen molar-refractivity contribution in [2.75, 3.05) is 38.5 Å². The third kappa shape index (κ3) is 8.93. The Bertz CT molecular complexity index is 445. The van der Waals surface area contributed by atoms with Crippen molar-refractivity contribution in [1.29, 1.82) is 0 Å². The lowest BCUT2D eigenvalue weighted by molar-refractivity contribution is -0.135. The van der Waals surface area contributed by atoms with E-state index in [-0.39, 0.29) is 12.5 Å². The molecule has 0 aliphatic heterocycles. The summed E-state index contributed by atoms with van der Waals surface area (Å²) in [6.45, 7) is 7.03. The van der Waals surface area contributed by atoms with Crippen molar-refractivity contribution >= 4 is 17.6 Å². The fourth-order valence-electron chi connectivity index (χ4n) is 1.51. The molecule has 0 amide bonds. The molecule has 7 heteroatoms. The number of hydrogen-bond donors (Lipinski definition) is 3. The normalized spacial score (nSPS) is 9.82. The number of carboxylic acids is 1. The number of esters is 1. The van der Waals surface area contributed by atoms with Crippen LogP contribution in [0.1, 0.15) is 24.2 Å². The molecule has 0 saturated heterocycles. The van der Waals surface area contributed by atoms with Crippen molar-refractivity contribution in [3.8, 4) is 0 Å². The van der Waals surface area contributed by atoms with Crippen LogP contribution >= 0.6 is 0 Å². The van der Waals surface area contributed by atoms with Gasteiger partial charge < -0.3 is 26.2 Å². The number of aliphatic carboxylic acids is 1. The van der Waals surface area contributed by atoms with Crippen LogP contribution in [0.5, 0.6) is 0 Å². The van der Waals surface area contributed by atoms with Gasteiger partial charge in [-0.1, -0.05) is 13.8 Å². The molecular formula is C15H25N3O4. The van der Waals surface area contributed by atoms with Crippen molar-refractivity contribution in [2.45, 2.75) is 13.8 Å². The topological polar surface area (TPSA) is 119 Å². The number of ether oxygens (including phenoxy) is 1. The van der Waals surface area contributed by atoms with E-state index in [2.05, 4.69) is 24.5 Å². The summed E-state index contributed by atoms with van der Waals surface area (Å²) in [4.78, 5) is 23.1. The molecule has 0 atom stereocenters. The van der Waals surface area contributed by atoms with Crippen molar-refractivity contribution < 1.29 is 19.4 Å². The van der Waals surface area contributed by atoms with E-state index in [4.69, 9.17) is 15.6 Å². The van der Waals surface area contributed by atoms with Gasteiger partial charge in [0.25, 0.3) is 0 Å². The van der Waals surface area contributed by atoms with E-state index in [0.717, 1.165) is 19.6 Å². The Morgan fingerprint density at radius 3 is 2.09 bits per heavy atom. The highest BCUT2D eigenvalue weighted by molar-refractivity contribution is 5.89. The van der Waals surface area contributed by atoms with Gasteiger partial charge in [-0.05, 0) is 37.4 Å². The van der Waals surface area contributed by atoms with Gasteiger partial charge in [-0.3, -0.25) is 4.79 Å². The lowest BCUT2D eigenvalue weighted by Gasteiger charge is -2.17. The first-order valence-corrected chi connectivity index (χ1v) is 7.11. The number of benzene rings is 1. The number of carbonyl (C=O) groups is 2. The third-order valence-corrected chi connectivity index (χ3v) is 2.86. The molecule has 0 radical (unpaired) electrons. The van der Waals surface area contributed by atoms with Crippen molar-refractivity contribution in [2.24, 2.45) is 5.73 Å². The zero-order valence-corrected chi connectivity index (χ0v) is 13.1. The average molecular weight is 311 g/mol. The highest BCUT2D eigenvalue weighted by Crippen LogP contribution is 2.06.